The van der Waals surface area contributed by atoms with Crippen LogP contribution in [-0.4, -0.2) is 54.8 Å². The van der Waals surface area contributed by atoms with E-state index in [9.17, 15) is 0 Å². The highest BCUT2D eigenvalue weighted by Gasteiger charge is 2.17. The predicted octanol–water partition coefficient (Wildman–Crippen LogP) is 3.27. The molecule has 0 amide bonds. The molecular formula is C21H30ClIN6O. The monoisotopic (exact) mass is 544 g/mol. The summed E-state index contributed by atoms with van der Waals surface area (Å²) in [5.74, 6) is 1.79. The summed E-state index contributed by atoms with van der Waals surface area (Å²) in [7, 11) is 0. The fraction of sp³-hybridized carbons (Fsp3) is 0.476. The predicted molar refractivity (Wildman–Crippen MR) is 133 cm³/mol. The minimum absolute atomic E-state index is 0. The third kappa shape index (κ3) is 7.88. The van der Waals surface area contributed by atoms with E-state index in [4.69, 9.17) is 16.3 Å². The van der Waals surface area contributed by atoms with Crippen LogP contribution in [0.4, 0.5) is 5.82 Å². The SMILES string of the molecule is CCNC(=NCc1ccc(N2CCOC(C)C2)nc1)NCCc1ccc(Cl)nc1.I. The molecule has 1 saturated heterocycles. The van der Waals surface area contributed by atoms with Crippen LogP contribution in [0.2, 0.25) is 5.15 Å². The number of aromatic nitrogens is 2. The summed E-state index contributed by atoms with van der Waals surface area (Å²) < 4.78 is 5.60. The van der Waals surface area contributed by atoms with E-state index in [1.807, 2.05) is 18.3 Å². The average molecular weight is 545 g/mol. The van der Waals surface area contributed by atoms with Gasteiger partial charge in [-0.3, -0.25) is 0 Å². The lowest BCUT2D eigenvalue weighted by Gasteiger charge is -2.32. The Morgan fingerprint density at radius 1 is 1.20 bits per heavy atom. The lowest BCUT2D eigenvalue weighted by Crippen LogP contribution is -2.41. The molecule has 1 aliphatic rings. The Morgan fingerprint density at radius 2 is 2.00 bits per heavy atom. The van der Waals surface area contributed by atoms with E-state index in [1.54, 1.807) is 6.20 Å². The van der Waals surface area contributed by atoms with Crippen LogP contribution in [0.5, 0.6) is 0 Å². The molecule has 7 nitrogen and oxygen atoms in total. The van der Waals surface area contributed by atoms with E-state index in [2.05, 4.69) is 56.5 Å². The highest BCUT2D eigenvalue weighted by Crippen LogP contribution is 2.15. The second-order valence-electron chi connectivity index (χ2n) is 7.01. The fourth-order valence-corrected chi connectivity index (χ4v) is 3.23. The summed E-state index contributed by atoms with van der Waals surface area (Å²) in [6.45, 7) is 8.80. The molecule has 0 radical (unpaired) electrons. The molecule has 0 saturated carbocycles. The van der Waals surface area contributed by atoms with E-state index in [0.717, 1.165) is 62.1 Å². The van der Waals surface area contributed by atoms with Crippen molar-refractivity contribution in [3.63, 3.8) is 0 Å². The zero-order chi connectivity index (χ0) is 20.5. The number of guanidine groups is 1. The van der Waals surface area contributed by atoms with Crippen molar-refractivity contribution < 1.29 is 4.74 Å². The maximum atomic E-state index is 5.83. The number of hydrogen-bond acceptors (Lipinski definition) is 5. The first-order valence-corrected chi connectivity index (χ1v) is 10.5. The van der Waals surface area contributed by atoms with Gasteiger partial charge < -0.3 is 20.3 Å². The first-order chi connectivity index (χ1) is 14.1. The van der Waals surface area contributed by atoms with Crippen molar-refractivity contribution in [3.05, 3.63) is 52.9 Å². The number of nitrogens with zero attached hydrogens (tertiary/aromatic N) is 4. The molecule has 1 fully saturated rings. The van der Waals surface area contributed by atoms with Gasteiger partial charge in [-0.15, -0.1) is 24.0 Å². The highest BCUT2D eigenvalue weighted by molar-refractivity contribution is 14.0. The number of halogens is 2. The van der Waals surface area contributed by atoms with Gasteiger partial charge in [0.2, 0.25) is 0 Å². The van der Waals surface area contributed by atoms with Crippen LogP contribution < -0.4 is 15.5 Å². The van der Waals surface area contributed by atoms with Crippen LogP contribution in [0, 0.1) is 0 Å². The zero-order valence-electron chi connectivity index (χ0n) is 17.5. The van der Waals surface area contributed by atoms with Crippen LogP contribution in [0.1, 0.15) is 25.0 Å². The number of anilines is 1. The fourth-order valence-electron chi connectivity index (χ4n) is 3.12. The van der Waals surface area contributed by atoms with Gasteiger partial charge in [0.1, 0.15) is 11.0 Å². The van der Waals surface area contributed by atoms with Crippen molar-refractivity contribution in [2.75, 3.05) is 37.7 Å². The summed E-state index contributed by atoms with van der Waals surface area (Å²) in [4.78, 5) is 15.7. The van der Waals surface area contributed by atoms with Crippen molar-refractivity contribution in [1.29, 1.82) is 0 Å². The van der Waals surface area contributed by atoms with Gasteiger partial charge in [-0.05, 0) is 43.5 Å². The van der Waals surface area contributed by atoms with Gasteiger partial charge in [0, 0.05) is 38.6 Å². The summed E-state index contributed by atoms with van der Waals surface area (Å²) in [6.07, 6.45) is 4.80. The molecule has 3 heterocycles. The zero-order valence-corrected chi connectivity index (χ0v) is 20.6. The molecule has 30 heavy (non-hydrogen) atoms. The summed E-state index contributed by atoms with van der Waals surface area (Å²) in [5, 5.41) is 7.15. The minimum atomic E-state index is 0. The topological polar surface area (TPSA) is 74.7 Å². The molecule has 0 spiro atoms. The number of morpholine rings is 1. The molecule has 164 valence electrons. The molecule has 0 aromatic carbocycles. The van der Waals surface area contributed by atoms with Gasteiger partial charge in [-0.25, -0.2) is 15.0 Å². The third-order valence-electron chi connectivity index (χ3n) is 4.63. The second-order valence-corrected chi connectivity index (χ2v) is 7.40. The quantitative estimate of drug-likeness (QED) is 0.241. The molecule has 1 aliphatic heterocycles. The van der Waals surface area contributed by atoms with Gasteiger partial charge in [0.25, 0.3) is 0 Å². The number of nitrogens with one attached hydrogen (secondary N) is 2. The molecule has 9 heteroatoms. The van der Waals surface area contributed by atoms with E-state index in [-0.39, 0.29) is 30.1 Å². The summed E-state index contributed by atoms with van der Waals surface area (Å²) >= 11 is 5.83. The van der Waals surface area contributed by atoms with Gasteiger partial charge >= 0.3 is 0 Å². The molecule has 1 unspecified atom stereocenters. The van der Waals surface area contributed by atoms with Crippen molar-refractivity contribution in [3.8, 4) is 0 Å². The normalized spacial score (nSPS) is 16.7. The molecular weight excluding hydrogens is 515 g/mol. The van der Waals surface area contributed by atoms with E-state index in [0.29, 0.717) is 11.7 Å². The Kier molecular flexibility index (Phi) is 10.6. The van der Waals surface area contributed by atoms with Crippen molar-refractivity contribution in [2.45, 2.75) is 32.9 Å². The smallest absolute Gasteiger partial charge is 0.191 e. The highest BCUT2D eigenvalue weighted by atomic mass is 127. The third-order valence-corrected chi connectivity index (χ3v) is 4.86. The standard InChI is InChI=1S/C21H29ClN6O.HI/c1-3-23-21(24-9-8-17-4-6-19(22)25-12-17)27-14-18-5-7-20(26-13-18)28-10-11-29-16(2)15-28;/h4-7,12-13,16H,3,8-11,14-15H2,1-2H3,(H2,23,24,27);1H. The Labute approximate surface area is 200 Å². The molecule has 0 aliphatic carbocycles. The lowest BCUT2D eigenvalue weighted by atomic mass is 10.2. The Morgan fingerprint density at radius 3 is 2.67 bits per heavy atom. The number of aliphatic imine (C=N–C) groups is 1. The molecule has 3 rings (SSSR count). The molecule has 0 bridgehead atoms. The second kappa shape index (κ2) is 12.9. The Hall–Kier alpha value is -1.65. The maximum absolute atomic E-state index is 5.83. The first-order valence-electron chi connectivity index (χ1n) is 10.1. The Bertz CT molecular complexity index is 787. The van der Waals surface area contributed by atoms with Gasteiger partial charge in [0.15, 0.2) is 5.96 Å². The van der Waals surface area contributed by atoms with Crippen molar-refractivity contribution in [1.82, 2.24) is 20.6 Å². The molecule has 1 atom stereocenters. The largest absolute Gasteiger partial charge is 0.375 e. The Balaban J connectivity index is 0.00000320. The van der Waals surface area contributed by atoms with E-state index < -0.39 is 0 Å². The van der Waals surface area contributed by atoms with Crippen LogP contribution in [-0.2, 0) is 17.7 Å². The molecule has 2 aromatic rings. The first kappa shape index (κ1) is 24.6. The van der Waals surface area contributed by atoms with Crippen molar-refractivity contribution in [2.24, 2.45) is 4.99 Å². The number of ether oxygens (including phenoxy) is 1. The van der Waals surface area contributed by atoms with Crippen LogP contribution >= 0.6 is 35.6 Å². The van der Waals surface area contributed by atoms with Gasteiger partial charge in [-0.1, -0.05) is 23.7 Å². The van der Waals surface area contributed by atoms with Crippen LogP contribution in [0.25, 0.3) is 0 Å². The van der Waals surface area contributed by atoms with E-state index >= 15 is 0 Å². The summed E-state index contributed by atoms with van der Waals surface area (Å²) in [5.41, 5.74) is 2.21. The number of pyridine rings is 2. The van der Waals surface area contributed by atoms with Crippen molar-refractivity contribution >= 4 is 47.4 Å². The van der Waals surface area contributed by atoms with Crippen LogP contribution in [0.3, 0.4) is 0 Å². The minimum Gasteiger partial charge on any atom is -0.375 e. The molecule has 2 aromatic heterocycles. The lowest BCUT2D eigenvalue weighted by molar-refractivity contribution is 0.0529. The van der Waals surface area contributed by atoms with Gasteiger partial charge in [-0.2, -0.15) is 0 Å². The molecule has 2 N–H and O–H groups in total. The number of hydrogen-bond donors (Lipinski definition) is 2. The maximum Gasteiger partial charge on any atom is 0.191 e. The van der Waals surface area contributed by atoms with Crippen LogP contribution in [0.15, 0.2) is 41.7 Å². The number of rotatable bonds is 7. The summed E-state index contributed by atoms with van der Waals surface area (Å²) in [6, 6.07) is 7.96. The van der Waals surface area contributed by atoms with Gasteiger partial charge in [0.05, 0.1) is 19.3 Å². The average Bonchev–Trinajstić information content (AvgIpc) is 2.74. The van der Waals surface area contributed by atoms with E-state index in [1.165, 1.54) is 0 Å².